The van der Waals surface area contributed by atoms with Crippen LogP contribution in [0.1, 0.15) is 36.8 Å². The third-order valence-corrected chi connectivity index (χ3v) is 3.87. The summed E-state index contributed by atoms with van der Waals surface area (Å²) in [7, 11) is 0. The number of fused-ring (bicyclic) bond motifs is 2. The van der Waals surface area contributed by atoms with Crippen LogP contribution in [-0.4, -0.2) is 17.1 Å². The second-order valence-electron chi connectivity index (χ2n) is 5.26. The smallest absolute Gasteiger partial charge is 0.140 e. The monoisotopic (exact) mass is 220 g/mol. The first-order chi connectivity index (χ1) is 7.66. The van der Waals surface area contributed by atoms with Crippen LogP contribution in [0.25, 0.3) is 0 Å². The van der Waals surface area contributed by atoms with E-state index < -0.39 is 5.67 Å². The third kappa shape index (κ3) is 1.63. The molecular weight excluding hydrogens is 203 g/mol. The van der Waals surface area contributed by atoms with Gasteiger partial charge < -0.3 is 5.32 Å². The average Bonchev–Trinajstić information content (AvgIpc) is 2.59. The van der Waals surface area contributed by atoms with Gasteiger partial charge in [0.1, 0.15) is 5.67 Å². The van der Waals surface area contributed by atoms with Gasteiger partial charge in [0.25, 0.3) is 0 Å². The molecule has 0 amide bonds. The van der Waals surface area contributed by atoms with Gasteiger partial charge in [-0.1, -0.05) is 0 Å². The molecule has 3 rings (SSSR count). The lowest BCUT2D eigenvalue weighted by atomic mass is 9.83. The van der Waals surface area contributed by atoms with Crippen molar-refractivity contribution < 1.29 is 4.39 Å². The summed E-state index contributed by atoms with van der Waals surface area (Å²) in [6.45, 7) is 1.97. The Bertz CT molecular complexity index is 393. The van der Waals surface area contributed by atoms with E-state index in [4.69, 9.17) is 0 Å². The zero-order valence-electron chi connectivity index (χ0n) is 9.54. The molecule has 2 aliphatic rings. The lowest BCUT2D eigenvalue weighted by Gasteiger charge is -2.35. The summed E-state index contributed by atoms with van der Waals surface area (Å²) in [5.41, 5.74) is 0.655. The lowest BCUT2D eigenvalue weighted by Crippen LogP contribution is -2.44. The van der Waals surface area contributed by atoms with Crippen molar-refractivity contribution in [2.45, 2.75) is 50.4 Å². The maximum absolute atomic E-state index is 14.9. The molecule has 2 saturated heterocycles. The summed E-state index contributed by atoms with van der Waals surface area (Å²) in [5.74, 6) is 0. The summed E-state index contributed by atoms with van der Waals surface area (Å²) < 4.78 is 14.9. The quantitative estimate of drug-likeness (QED) is 0.786. The second kappa shape index (κ2) is 3.52. The molecular formula is C13H17FN2. The molecule has 2 aliphatic heterocycles. The van der Waals surface area contributed by atoms with E-state index >= 15 is 0 Å². The number of hydrogen-bond donors (Lipinski definition) is 1. The zero-order valence-corrected chi connectivity index (χ0v) is 9.54. The molecule has 0 aliphatic carbocycles. The lowest BCUT2D eigenvalue weighted by molar-refractivity contribution is 0.0869. The Morgan fingerprint density at radius 1 is 1.31 bits per heavy atom. The Morgan fingerprint density at radius 3 is 2.62 bits per heavy atom. The van der Waals surface area contributed by atoms with Crippen LogP contribution in [0, 0.1) is 6.92 Å². The molecule has 3 heteroatoms. The Hall–Kier alpha value is -0.960. The van der Waals surface area contributed by atoms with Crippen LogP contribution in [0.4, 0.5) is 4.39 Å². The third-order valence-electron chi connectivity index (χ3n) is 3.87. The number of rotatable bonds is 1. The van der Waals surface area contributed by atoms with Crippen LogP contribution in [-0.2, 0) is 5.67 Å². The van der Waals surface area contributed by atoms with Gasteiger partial charge in [0.2, 0.25) is 0 Å². The topological polar surface area (TPSA) is 24.9 Å². The molecule has 1 aromatic rings. The Labute approximate surface area is 95.3 Å². The van der Waals surface area contributed by atoms with Gasteiger partial charge in [-0.05, 0) is 31.4 Å². The van der Waals surface area contributed by atoms with Crippen LogP contribution in [0.15, 0.2) is 18.5 Å². The van der Waals surface area contributed by atoms with Crippen molar-refractivity contribution in [1.82, 2.24) is 10.3 Å². The molecule has 3 heterocycles. The van der Waals surface area contributed by atoms with Crippen LogP contribution in [0.3, 0.4) is 0 Å². The van der Waals surface area contributed by atoms with E-state index in [-0.39, 0.29) is 0 Å². The Kier molecular flexibility index (Phi) is 2.25. The molecule has 2 unspecified atom stereocenters. The van der Waals surface area contributed by atoms with Crippen molar-refractivity contribution in [3.8, 4) is 0 Å². The molecule has 2 nitrogen and oxygen atoms in total. The first-order valence-corrected chi connectivity index (χ1v) is 6.03. The minimum Gasteiger partial charge on any atom is -0.311 e. The molecule has 0 radical (unpaired) electrons. The second-order valence-corrected chi connectivity index (χ2v) is 5.26. The Balaban J connectivity index is 1.93. The van der Waals surface area contributed by atoms with Crippen LogP contribution >= 0.6 is 0 Å². The fourth-order valence-electron chi connectivity index (χ4n) is 3.12. The van der Waals surface area contributed by atoms with Gasteiger partial charge in [-0.2, -0.15) is 0 Å². The highest BCUT2D eigenvalue weighted by Gasteiger charge is 2.45. The molecule has 2 atom stereocenters. The molecule has 16 heavy (non-hydrogen) atoms. The molecule has 2 bridgehead atoms. The van der Waals surface area contributed by atoms with Crippen molar-refractivity contribution in [2.75, 3.05) is 0 Å². The van der Waals surface area contributed by atoms with E-state index in [9.17, 15) is 4.39 Å². The highest BCUT2D eigenvalue weighted by molar-refractivity contribution is 5.25. The number of aromatic nitrogens is 1. The number of hydrogen-bond acceptors (Lipinski definition) is 2. The van der Waals surface area contributed by atoms with E-state index in [0.717, 1.165) is 24.0 Å². The van der Waals surface area contributed by atoms with Gasteiger partial charge in [0.15, 0.2) is 0 Å². The molecule has 1 N–H and O–H groups in total. The highest BCUT2D eigenvalue weighted by Crippen LogP contribution is 2.43. The standard InChI is InChI=1S/C13H17FN2/c1-9-4-10(8-15-7-9)13(14)5-11-2-3-12(6-13)16-11/h4,7-8,11-12,16H,2-3,5-6H2,1H3. The van der Waals surface area contributed by atoms with Gasteiger partial charge in [0.05, 0.1) is 0 Å². The minimum absolute atomic E-state index is 0.365. The summed E-state index contributed by atoms with van der Waals surface area (Å²) >= 11 is 0. The molecule has 0 spiro atoms. The van der Waals surface area contributed by atoms with Crippen molar-refractivity contribution in [3.05, 3.63) is 29.6 Å². The number of pyridine rings is 1. The van der Waals surface area contributed by atoms with Gasteiger partial charge >= 0.3 is 0 Å². The van der Waals surface area contributed by atoms with Crippen molar-refractivity contribution in [2.24, 2.45) is 0 Å². The minimum atomic E-state index is -1.16. The van der Waals surface area contributed by atoms with Gasteiger partial charge in [-0.15, -0.1) is 0 Å². The first-order valence-electron chi connectivity index (χ1n) is 6.03. The van der Waals surface area contributed by atoms with E-state index in [1.54, 1.807) is 12.4 Å². The van der Waals surface area contributed by atoms with Crippen LogP contribution in [0.2, 0.25) is 0 Å². The number of piperidine rings is 1. The zero-order chi connectivity index (χ0) is 11.2. The van der Waals surface area contributed by atoms with E-state index in [1.807, 2.05) is 13.0 Å². The van der Waals surface area contributed by atoms with Crippen molar-refractivity contribution >= 4 is 0 Å². The van der Waals surface area contributed by atoms with Gasteiger partial charge in [0, 0.05) is 42.9 Å². The molecule has 1 aromatic heterocycles. The molecule has 86 valence electrons. The SMILES string of the molecule is Cc1cncc(C2(F)CC3CCC(C2)N3)c1. The number of halogens is 1. The largest absolute Gasteiger partial charge is 0.311 e. The predicted molar refractivity (Wildman–Crippen MR) is 60.9 cm³/mol. The normalized spacial score (nSPS) is 37.6. The summed E-state index contributed by atoms with van der Waals surface area (Å²) in [4.78, 5) is 4.11. The predicted octanol–water partition coefficient (Wildman–Crippen LogP) is 2.47. The van der Waals surface area contributed by atoms with Crippen LogP contribution in [0.5, 0.6) is 0 Å². The van der Waals surface area contributed by atoms with Gasteiger partial charge in [-0.3, -0.25) is 4.98 Å². The van der Waals surface area contributed by atoms with Crippen molar-refractivity contribution in [1.29, 1.82) is 0 Å². The fraction of sp³-hybridized carbons (Fsp3) is 0.615. The highest BCUT2D eigenvalue weighted by atomic mass is 19.1. The Morgan fingerprint density at radius 2 is 2.00 bits per heavy atom. The first kappa shape index (κ1) is 10.2. The molecule has 0 saturated carbocycles. The van der Waals surface area contributed by atoms with Gasteiger partial charge in [-0.25, -0.2) is 4.39 Å². The molecule has 0 aromatic carbocycles. The summed E-state index contributed by atoms with van der Waals surface area (Å²) in [5, 5.41) is 3.47. The van der Waals surface area contributed by atoms with E-state index in [0.29, 0.717) is 24.9 Å². The fourth-order valence-corrected chi connectivity index (χ4v) is 3.12. The van der Waals surface area contributed by atoms with E-state index in [2.05, 4.69) is 10.3 Å². The number of nitrogens with one attached hydrogen (secondary N) is 1. The van der Waals surface area contributed by atoms with Crippen molar-refractivity contribution in [3.63, 3.8) is 0 Å². The number of alkyl halides is 1. The summed E-state index contributed by atoms with van der Waals surface area (Å²) in [6.07, 6.45) is 6.93. The number of aryl methyl sites for hydroxylation is 1. The van der Waals surface area contributed by atoms with Crippen LogP contribution < -0.4 is 5.32 Å². The maximum atomic E-state index is 14.9. The average molecular weight is 220 g/mol. The molecule has 2 fully saturated rings. The summed E-state index contributed by atoms with van der Waals surface area (Å²) in [6, 6.07) is 2.67. The van der Waals surface area contributed by atoms with E-state index in [1.165, 1.54) is 0 Å². The maximum Gasteiger partial charge on any atom is 0.140 e. The number of nitrogens with zero attached hydrogens (tertiary/aromatic N) is 1.